The molecular weight excluding hydrogens is 667 g/mol. The zero-order chi connectivity index (χ0) is 36.3. The second kappa shape index (κ2) is 15.2. The summed E-state index contributed by atoms with van der Waals surface area (Å²) in [6.45, 7) is 10.2. The second-order valence-electron chi connectivity index (χ2n) is 13.2. The standard InChI is InChI=1S/C36H37F5N6O2.C2H6/c1-3-6-27-29-32(30(38)31(43-27)25-8-5-7-22-9-10-26(37)24(4-2)28(22)25)44-34(45-33(29)47-17-14-42-15-18-47)48-21-35(12-13-35)20-46-16-11-23(19-46)49-36(39,40)41;1-2/h2,5,7-10,23,42H,3,6,11-21H2,1H3;1-2H3. The lowest BCUT2D eigenvalue weighted by molar-refractivity contribution is -0.340. The summed E-state index contributed by atoms with van der Waals surface area (Å²) in [5.74, 6) is 1.70. The summed E-state index contributed by atoms with van der Waals surface area (Å²) in [6.07, 6.45) is 3.42. The number of terminal acetylenes is 1. The van der Waals surface area contributed by atoms with Crippen molar-refractivity contribution in [3.05, 3.63) is 53.2 Å². The number of hydrogen-bond acceptors (Lipinski definition) is 8. The normalized spacial score (nSPS) is 18.8. The van der Waals surface area contributed by atoms with Gasteiger partial charge in [-0.3, -0.25) is 9.64 Å². The summed E-state index contributed by atoms with van der Waals surface area (Å²) in [6, 6.07) is 8.16. The van der Waals surface area contributed by atoms with Crippen LogP contribution in [0.4, 0.5) is 27.8 Å². The summed E-state index contributed by atoms with van der Waals surface area (Å²) in [4.78, 5) is 18.4. The number of hydrogen-bond donors (Lipinski definition) is 1. The zero-order valence-corrected chi connectivity index (χ0v) is 29.2. The molecule has 0 radical (unpaired) electrons. The number of halogens is 5. The molecule has 3 aliphatic rings. The van der Waals surface area contributed by atoms with Crippen LogP contribution in [-0.4, -0.2) is 84.7 Å². The quantitative estimate of drug-likeness (QED) is 0.136. The first-order chi connectivity index (χ1) is 24.6. The number of rotatable bonds is 10. The lowest BCUT2D eigenvalue weighted by atomic mass is 9.95. The average molecular weight is 711 g/mol. The van der Waals surface area contributed by atoms with E-state index in [0.29, 0.717) is 85.3 Å². The van der Waals surface area contributed by atoms with Crippen LogP contribution in [0.15, 0.2) is 30.3 Å². The van der Waals surface area contributed by atoms with Crippen molar-refractivity contribution < 1.29 is 31.4 Å². The van der Waals surface area contributed by atoms with Gasteiger partial charge in [-0.15, -0.1) is 19.6 Å². The molecule has 13 heteroatoms. The number of benzene rings is 2. The molecule has 1 unspecified atom stereocenters. The van der Waals surface area contributed by atoms with Crippen LogP contribution in [0.3, 0.4) is 0 Å². The van der Waals surface area contributed by atoms with E-state index in [2.05, 4.69) is 25.9 Å². The number of pyridine rings is 1. The number of likely N-dealkylation sites (tertiary alicyclic amines) is 1. The topological polar surface area (TPSA) is 75.6 Å². The van der Waals surface area contributed by atoms with Crippen molar-refractivity contribution in [1.82, 2.24) is 25.2 Å². The van der Waals surface area contributed by atoms with Gasteiger partial charge in [-0.1, -0.05) is 57.4 Å². The number of fused-ring (bicyclic) bond motifs is 2. The number of alkyl halides is 3. The first-order valence-electron chi connectivity index (χ1n) is 17.7. The number of ether oxygens (including phenoxy) is 2. The predicted molar refractivity (Wildman–Crippen MR) is 188 cm³/mol. The van der Waals surface area contributed by atoms with E-state index in [0.717, 1.165) is 19.3 Å². The number of nitrogens with one attached hydrogen (secondary N) is 1. The van der Waals surface area contributed by atoms with Crippen LogP contribution in [0, 0.1) is 29.4 Å². The third kappa shape index (κ3) is 7.88. The molecule has 1 atom stereocenters. The van der Waals surface area contributed by atoms with Gasteiger partial charge in [0.1, 0.15) is 22.8 Å². The second-order valence-corrected chi connectivity index (χ2v) is 13.2. The minimum Gasteiger partial charge on any atom is -0.463 e. The largest absolute Gasteiger partial charge is 0.522 e. The van der Waals surface area contributed by atoms with Crippen molar-refractivity contribution in [2.45, 2.75) is 65.3 Å². The molecule has 1 aliphatic carbocycles. The predicted octanol–water partition coefficient (Wildman–Crippen LogP) is 7.26. The Kier molecular flexibility index (Phi) is 11.0. The fourth-order valence-corrected chi connectivity index (χ4v) is 7.11. The first kappa shape index (κ1) is 36.7. The molecule has 0 bridgehead atoms. The summed E-state index contributed by atoms with van der Waals surface area (Å²) in [5, 5.41) is 4.89. The molecule has 2 aliphatic heterocycles. The number of piperazine rings is 1. The van der Waals surface area contributed by atoms with Gasteiger partial charge in [-0.05, 0) is 37.1 Å². The maximum Gasteiger partial charge on any atom is 0.522 e. The number of aryl methyl sites for hydroxylation is 1. The summed E-state index contributed by atoms with van der Waals surface area (Å²) < 4.78 is 80.7. The molecule has 51 heavy (non-hydrogen) atoms. The zero-order valence-electron chi connectivity index (χ0n) is 29.2. The Morgan fingerprint density at radius 1 is 1.02 bits per heavy atom. The minimum absolute atomic E-state index is 0.0128. The molecule has 8 nitrogen and oxygen atoms in total. The highest BCUT2D eigenvalue weighted by atomic mass is 19.4. The van der Waals surface area contributed by atoms with E-state index in [4.69, 9.17) is 21.1 Å². The van der Waals surface area contributed by atoms with Crippen LogP contribution in [0.1, 0.15) is 57.7 Å². The fourth-order valence-electron chi connectivity index (χ4n) is 7.11. The van der Waals surface area contributed by atoms with E-state index < -0.39 is 24.1 Å². The number of anilines is 1. The molecule has 7 rings (SSSR count). The summed E-state index contributed by atoms with van der Waals surface area (Å²) >= 11 is 0. The highest BCUT2D eigenvalue weighted by molar-refractivity contribution is 6.02. The van der Waals surface area contributed by atoms with Gasteiger partial charge < -0.3 is 15.0 Å². The number of aromatic nitrogens is 3. The molecule has 2 saturated heterocycles. The van der Waals surface area contributed by atoms with Gasteiger partial charge in [0.05, 0.1) is 29.4 Å². The van der Waals surface area contributed by atoms with Gasteiger partial charge in [-0.25, -0.2) is 13.8 Å². The van der Waals surface area contributed by atoms with E-state index >= 15 is 4.39 Å². The average Bonchev–Trinajstić information content (AvgIpc) is 3.76. The SMILES string of the molecule is C#Cc1c(F)ccc2cccc(-c3nc(CCC)c4c(N5CCNCC5)nc(OCC5(CN6CCC(OC(F)(F)F)C6)CC5)nc4c3F)c12.CC. The van der Waals surface area contributed by atoms with Crippen molar-refractivity contribution in [1.29, 1.82) is 0 Å². The van der Waals surface area contributed by atoms with Gasteiger partial charge in [-0.2, -0.15) is 9.97 Å². The van der Waals surface area contributed by atoms with Gasteiger partial charge in [0.25, 0.3) is 0 Å². The lowest BCUT2D eigenvalue weighted by Gasteiger charge is -2.30. The highest BCUT2D eigenvalue weighted by Gasteiger charge is 2.47. The Morgan fingerprint density at radius 2 is 1.78 bits per heavy atom. The molecule has 0 spiro atoms. The molecule has 2 aromatic heterocycles. The van der Waals surface area contributed by atoms with Crippen LogP contribution in [0.5, 0.6) is 6.01 Å². The maximum atomic E-state index is 17.0. The van der Waals surface area contributed by atoms with Crippen molar-refractivity contribution in [3.63, 3.8) is 0 Å². The Balaban J connectivity index is 0.00000220. The molecule has 2 aromatic carbocycles. The molecule has 1 saturated carbocycles. The Bertz CT molecular complexity index is 1920. The minimum atomic E-state index is -4.66. The van der Waals surface area contributed by atoms with Crippen molar-refractivity contribution in [3.8, 4) is 29.6 Å². The highest BCUT2D eigenvalue weighted by Crippen LogP contribution is 2.47. The molecule has 3 fully saturated rings. The first-order valence-corrected chi connectivity index (χ1v) is 17.7. The number of nitrogens with zero attached hydrogens (tertiary/aromatic N) is 5. The van der Waals surface area contributed by atoms with Crippen molar-refractivity contribution in [2.75, 3.05) is 57.3 Å². The van der Waals surface area contributed by atoms with Crippen LogP contribution < -0.4 is 15.0 Å². The summed E-state index contributed by atoms with van der Waals surface area (Å²) in [5.41, 5.74) is 0.815. The molecule has 4 aromatic rings. The van der Waals surface area contributed by atoms with Crippen molar-refractivity contribution in [2.24, 2.45) is 5.41 Å². The van der Waals surface area contributed by atoms with Gasteiger partial charge >= 0.3 is 12.4 Å². The van der Waals surface area contributed by atoms with E-state index in [9.17, 15) is 17.6 Å². The van der Waals surface area contributed by atoms with Crippen LogP contribution in [0.2, 0.25) is 0 Å². The fraction of sp³-hybridized carbons (Fsp3) is 0.500. The van der Waals surface area contributed by atoms with Gasteiger partial charge in [0.15, 0.2) is 5.82 Å². The monoisotopic (exact) mass is 710 g/mol. The Labute approximate surface area is 294 Å². The Hall–Kier alpha value is -4.12. The van der Waals surface area contributed by atoms with Gasteiger partial charge in [0.2, 0.25) is 0 Å². The maximum absolute atomic E-state index is 17.0. The van der Waals surface area contributed by atoms with E-state index in [-0.39, 0.29) is 41.4 Å². The molecule has 1 N–H and O–H groups in total. The molecule has 272 valence electrons. The van der Waals surface area contributed by atoms with Crippen LogP contribution in [0.25, 0.3) is 32.9 Å². The van der Waals surface area contributed by atoms with Crippen molar-refractivity contribution >= 4 is 27.5 Å². The summed E-state index contributed by atoms with van der Waals surface area (Å²) in [7, 11) is 0. The van der Waals surface area contributed by atoms with Gasteiger partial charge in [0, 0.05) is 62.2 Å². The molecular formula is C38H43F5N6O2. The lowest BCUT2D eigenvalue weighted by Crippen LogP contribution is -2.44. The van der Waals surface area contributed by atoms with Crippen LogP contribution >= 0.6 is 0 Å². The van der Waals surface area contributed by atoms with E-state index in [1.807, 2.05) is 25.7 Å². The van der Waals surface area contributed by atoms with E-state index in [1.165, 1.54) is 6.07 Å². The smallest absolute Gasteiger partial charge is 0.463 e. The Morgan fingerprint density at radius 3 is 2.47 bits per heavy atom. The third-order valence-electron chi connectivity index (χ3n) is 9.67. The molecule has 4 heterocycles. The molecule has 0 amide bonds. The van der Waals surface area contributed by atoms with Crippen LogP contribution in [-0.2, 0) is 11.2 Å². The third-order valence-corrected chi connectivity index (χ3v) is 9.67. The van der Waals surface area contributed by atoms with E-state index in [1.54, 1.807) is 24.3 Å².